The molecule has 0 bridgehead atoms. The Morgan fingerprint density at radius 2 is 2.00 bits per heavy atom. The highest BCUT2D eigenvalue weighted by molar-refractivity contribution is 5.86. The van der Waals surface area contributed by atoms with Crippen molar-refractivity contribution in [1.82, 2.24) is 19.6 Å². The molecule has 5 rings (SSSR count). The van der Waals surface area contributed by atoms with Gasteiger partial charge < -0.3 is 15.5 Å². The van der Waals surface area contributed by atoms with Gasteiger partial charge in [0.2, 0.25) is 11.3 Å². The minimum absolute atomic E-state index is 0.228. The Morgan fingerprint density at radius 1 is 1.17 bits per heavy atom. The third kappa shape index (κ3) is 5.06. The fourth-order valence-corrected chi connectivity index (χ4v) is 3.78. The van der Waals surface area contributed by atoms with Gasteiger partial charge in [0.05, 0.1) is 29.9 Å². The molecule has 1 saturated carbocycles. The van der Waals surface area contributed by atoms with E-state index in [1.165, 1.54) is 25.0 Å². The molecule has 0 amide bonds. The van der Waals surface area contributed by atoms with Crippen molar-refractivity contribution in [2.24, 2.45) is 5.92 Å². The van der Waals surface area contributed by atoms with Gasteiger partial charge in [-0.15, -0.1) is 0 Å². The minimum atomic E-state index is -0.235. The molecule has 8 nitrogen and oxygen atoms in total. The first-order valence-electron chi connectivity index (χ1n) is 11.5. The van der Waals surface area contributed by atoms with Gasteiger partial charge in [-0.05, 0) is 67.7 Å². The Hall–Kier alpha value is -4.46. The van der Waals surface area contributed by atoms with Crippen molar-refractivity contribution in [3.63, 3.8) is 0 Å². The second-order valence-corrected chi connectivity index (χ2v) is 8.52. The van der Waals surface area contributed by atoms with Crippen LogP contribution >= 0.6 is 0 Å². The molecular formula is C27H26N6O2. The van der Waals surface area contributed by atoms with Gasteiger partial charge in [0.1, 0.15) is 0 Å². The van der Waals surface area contributed by atoms with Crippen molar-refractivity contribution >= 4 is 17.6 Å². The highest BCUT2D eigenvalue weighted by Gasteiger charge is 2.22. The van der Waals surface area contributed by atoms with E-state index in [-0.39, 0.29) is 11.1 Å². The zero-order chi connectivity index (χ0) is 24.2. The molecule has 2 aromatic heterocycles. The van der Waals surface area contributed by atoms with Crippen molar-refractivity contribution in [3.05, 3.63) is 101 Å². The number of hydrogen-bond donors (Lipinski definition) is 2. The monoisotopic (exact) mass is 466 g/mol. The lowest BCUT2D eigenvalue weighted by molar-refractivity contribution is 0.280. The van der Waals surface area contributed by atoms with Crippen LogP contribution in [-0.4, -0.2) is 32.4 Å². The van der Waals surface area contributed by atoms with Crippen LogP contribution in [0.3, 0.4) is 0 Å². The number of allylic oxidation sites excluding steroid dienone is 1. The van der Waals surface area contributed by atoms with Crippen LogP contribution in [0.4, 0.5) is 5.69 Å². The first kappa shape index (κ1) is 22.3. The molecule has 1 aliphatic rings. The van der Waals surface area contributed by atoms with E-state index in [1.54, 1.807) is 21.8 Å². The number of benzene rings is 2. The van der Waals surface area contributed by atoms with Gasteiger partial charge in [-0.25, -0.2) is 9.36 Å². The highest BCUT2D eigenvalue weighted by Crippen LogP contribution is 2.30. The largest absolute Gasteiger partial charge is 0.477 e. The normalized spacial score (nSPS) is 13.5. The quantitative estimate of drug-likeness (QED) is 0.351. The Balaban J connectivity index is 1.45. The third-order valence-corrected chi connectivity index (χ3v) is 5.81. The highest BCUT2D eigenvalue weighted by atomic mass is 16.5. The molecule has 4 aromatic rings. The van der Waals surface area contributed by atoms with Crippen LogP contribution in [-0.2, 0) is 0 Å². The number of aryl methyl sites for hydroxylation is 1. The maximum Gasteiger partial charge on any atom is 0.216 e. The van der Waals surface area contributed by atoms with E-state index in [1.807, 2.05) is 61.5 Å². The molecule has 0 saturated heterocycles. The predicted octanol–water partition coefficient (Wildman–Crippen LogP) is 4.62. The van der Waals surface area contributed by atoms with E-state index < -0.39 is 0 Å². The van der Waals surface area contributed by atoms with Gasteiger partial charge in [0.25, 0.3) is 0 Å². The Morgan fingerprint density at radius 3 is 2.74 bits per heavy atom. The maximum atomic E-state index is 12.7. The number of nitrogens with one attached hydrogen (secondary N) is 2. The van der Waals surface area contributed by atoms with E-state index in [4.69, 9.17) is 10.1 Å². The predicted molar refractivity (Wildman–Crippen MR) is 137 cm³/mol. The van der Waals surface area contributed by atoms with Crippen molar-refractivity contribution in [2.75, 3.05) is 11.9 Å². The average molecular weight is 467 g/mol. The van der Waals surface area contributed by atoms with E-state index in [9.17, 15) is 4.79 Å². The molecule has 2 aromatic carbocycles. The molecule has 0 aliphatic heterocycles. The fourth-order valence-electron chi connectivity index (χ4n) is 3.78. The Kier molecular flexibility index (Phi) is 6.26. The summed E-state index contributed by atoms with van der Waals surface area (Å²) in [6.07, 6.45) is 8.50. The number of para-hydroxylation sites is 1. The number of rotatable bonds is 9. The number of ether oxygens (including phenoxy) is 1. The lowest BCUT2D eigenvalue weighted by atomic mass is 10.1. The number of nitrogens with zero attached hydrogens (tertiary/aromatic N) is 4. The Bertz CT molecular complexity index is 1430. The maximum absolute atomic E-state index is 12.7. The minimum Gasteiger partial charge on any atom is -0.477 e. The van der Waals surface area contributed by atoms with Gasteiger partial charge >= 0.3 is 0 Å². The van der Waals surface area contributed by atoms with Gasteiger partial charge in [0.15, 0.2) is 5.69 Å². The number of aromatic nitrogens is 4. The standard InChI is InChI=1S/C27H26N6O2/c1-19-17-22(33-26(12-15-29-33)35-18-20-7-8-20)9-10-24(19)32-16-13-25(34)27(31-32)23(11-14-28)30-21-5-3-2-4-6-21/h2-6,9-17,20,28,30H,7-8,18H2,1H3/b23-11-,28-14?. The molecule has 1 fully saturated rings. The molecule has 35 heavy (non-hydrogen) atoms. The van der Waals surface area contributed by atoms with Gasteiger partial charge in [-0.1, -0.05) is 18.2 Å². The summed E-state index contributed by atoms with van der Waals surface area (Å²) < 4.78 is 9.42. The summed E-state index contributed by atoms with van der Waals surface area (Å²) in [5.41, 5.74) is 3.93. The molecule has 176 valence electrons. The number of anilines is 1. The zero-order valence-corrected chi connectivity index (χ0v) is 19.4. The molecular weight excluding hydrogens is 440 g/mol. The summed E-state index contributed by atoms with van der Waals surface area (Å²) in [6, 6.07) is 18.8. The summed E-state index contributed by atoms with van der Waals surface area (Å²) in [5, 5.41) is 19.8. The van der Waals surface area contributed by atoms with Gasteiger partial charge in [-0.3, -0.25) is 4.79 Å². The molecule has 2 heterocycles. The van der Waals surface area contributed by atoms with E-state index >= 15 is 0 Å². The van der Waals surface area contributed by atoms with Crippen LogP contribution in [0.2, 0.25) is 0 Å². The van der Waals surface area contributed by atoms with Crippen molar-refractivity contribution in [3.8, 4) is 17.3 Å². The van der Waals surface area contributed by atoms with Crippen LogP contribution in [0.5, 0.6) is 5.88 Å². The molecule has 8 heteroatoms. The molecule has 0 spiro atoms. The van der Waals surface area contributed by atoms with Crippen molar-refractivity contribution in [2.45, 2.75) is 19.8 Å². The average Bonchev–Trinajstić information content (AvgIpc) is 3.58. The summed E-state index contributed by atoms with van der Waals surface area (Å²) in [5.74, 6) is 1.38. The van der Waals surface area contributed by atoms with Crippen LogP contribution in [0.25, 0.3) is 17.1 Å². The first-order chi connectivity index (χ1) is 17.1. The lowest BCUT2D eigenvalue weighted by Gasteiger charge is -2.15. The summed E-state index contributed by atoms with van der Waals surface area (Å²) in [7, 11) is 0. The summed E-state index contributed by atoms with van der Waals surface area (Å²) >= 11 is 0. The van der Waals surface area contributed by atoms with Crippen molar-refractivity contribution < 1.29 is 4.74 Å². The van der Waals surface area contributed by atoms with E-state index in [0.29, 0.717) is 11.6 Å². The molecule has 0 radical (unpaired) electrons. The first-order valence-corrected chi connectivity index (χ1v) is 11.5. The molecule has 2 N–H and O–H groups in total. The second-order valence-electron chi connectivity index (χ2n) is 8.52. The van der Waals surface area contributed by atoms with Gasteiger partial charge in [0, 0.05) is 30.2 Å². The SMILES string of the molecule is Cc1cc(-n2nccc2OCC2CC2)ccc1-n1ccc(=O)c(/C(=C/C=N)Nc2ccccc2)n1. The second kappa shape index (κ2) is 9.80. The van der Waals surface area contributed by atoms with E-state index in [0.717, 1.165) is 41.3 Å². The third-order valence-electron chi connectivity index (χ3n) is 5.81. The van der Waals surface area contributed by atoms with E-state index in [2.05, 4.69) is 15.5 Å². The van der Waals surface area contributed by atoms with Crippen LogP contribution < -0.4 is 15.5 Å². The van der Waals surface area contributed by atoms with Crippen molar-refractivity contribution in [1.29, 1.82) is 5.41 Å². The van der Waals surface area contributed by atoms with Crippen LogP contribution in [0.1, 0.15) is 24.1 Å². The summed E-state index contributed by atoms with van der Waals surface area (Å²) in [4.78, 5) is 12.7. The zero-order valence-electron chi connectivity index (χ0n) is 19.4. The summed E-state index contributed by atoms with van der Waals surface area (Å²) in [6.45, 7) is 2.71. The molecule has 0 atom stereocenters. The lowest BCUT2D eigenvalue weighted by Crippen LogP contribution is -2.18. The Labute approximate surface area is 203 Å². The number of hydrogen-bond acceptors (Lipinski definition) is 6. The van der Waals surface area contributed by atoms with Crippen LogP contribution in [0, 0.1) is 18.3 Å². The smallest absolute Gasteiger partial charge is 0.216 e. The topological polar surface area (TPSA) is 97.8 Å². The fraction of sp³-hybridized carbons (Fsp3) is 0.185. The molecule has 1 aliphatic carbocycles. The molecule has 0 unspecified atom stereocenters. The van der Waals surface area contributed by atoms with Crippen LogP contribution in [0.15, 0.2) is 83.9 Å². The van der Waals surface area contributed by atoms with Gasteiger partial charge in [-0.2, -0.15) is 10.2 Å².